The van der Waals surface area contributed by atoms with Crippen LogP contribution < -0.4 is 44.9 Å². The van der Waals surface area contributed by atoms with E-state index in [1.54, 1.807) is 0 Å². The van der Waals surface area contributed by atoms with Gasteiger partial charge in [0, 0.05) is 19.6 Å². The molecule has 0 N–H and O–H groups in total. The van der Waals surface area contributed by atoms with Gasteiger partial charge < -0.3 is 29.7 Å². The number of carbonyl (C=O) groups is 3. The third kappa shape index (κ3) is 13.9. The molecule has 0 aromatic carbocycles. The Morgan fingerprint density at radius 2 is 1.00 bits per heavy atom. The molecule has 0 spiro atoms. The maximum atomic E-state index is 9.99. The van der Waals surface area contributed by atoms with Gasteiger partial charge in [-0.05, 0) is 0 Å². The summed E-state index contributed by atoms with van der Waals surface area (Å²) in [6.45, 7) is -2.37. The van der Waals surface area contributed by atoms with Crippen molar-refractivity contribution in [2.24, 2.45) is 0 Å². The maximum absolute atomic E-state index is 9.99. The number of hydrogen-bond donors (Lipinski definition) is 0. The van der Waals surface area contributed by atoms with Gasteiger partial charge in [-0.3, -0.25) is 4.90 Å². The molecule has 0 aliphatic heterocycles. The van der Waals surface area contributed by atoms with E-state index in [9.17, 15) is 29.7 Å². The largest absolute Gasteiger partial charge is 2.00 e. The Morgan fingerprint density at radius 3 is 1.13 bits per heavy atom. The molecule has 0 saturated heterocycles. The van der Waals surface area contributed by atoms with Crippen molar-refractivity contribution in [1.82, 2.24) is 4.90 Å². The van der Waals surface area contributed by atoms with Crippen molar-refractivity contribution in [3.8, 4) is 0 Å². The first-order valence-corrected chi connectivity index (χ1v) is 3.23. The Kier molecular flexibility index (Phi) is 14.1. The standard InChI is InChI=1S/C6H9NO6.Fe.Na/c8-4(9)1-7(2-5(10)11)3-6(12)13;;/h1-3H2,(H,8,9)(H,10,11)(H,12,13);;/q;+2;+1/p-3. The van der Waals surface area contributed by atoms with Gasteiger partial charge in [-0.1, -0.05) is 0 Å². The van der Waals surface area contributed by atoms with Crippen molar-refractivity contribution in [2.45, 2.75) is 0 Å². The molecule has 0 radical (unpaired) electrons. The molecule has 15 heavy (non-hydrogen) atoms. The molecule has 0 aromatic heterocycles. The van der Waals surface area contributed by atoms with Gasteiger partial charge in [-0.25, -0.2) is 0 Å². The summed E-state index contributed by atoms with van der Waals surface area (Å²) in [6, 6.07) is 0. The second-order valence-corrected chi connectivity index (χ2v) is 2.26. The van der Waals surface area contributed by atoms with Crippen LogP contribution in [0.2, 0.25) is 0 Å². The summed E-state index contributed by atoms with van der Waals surface area (Å²) in [5.74, 6) is -4.70. The van der Waals surface area contributed by atoms with E-state index in [1.165, 1.54) is 0 Å². The van der Waals surface area contributed by atoms with Gasteiger partial charge in [0.05, 0.1) is 17.9 Å². The summed E-state index contributed by atoms with van der Waals surface area (Å²) in [7, 11) is 0. The summed E-state index contributed by atoms with van der Waals surface area (Å²) in [5.41, 5.74) is 0. The summed E-state index contributed by atoms with van der Waals surface area (Å²) >= 11 is 0. The van der Waals surface area contributed by atoms with E-state index in [2.05, 4.69) is 0 Å². The topological polar surface area (TPSA) is 124 Å². The Labute approximate surface area is 118 Å². The normalized spacial score (nSPS) is 8.60. The van der Waals surface area contributed by atoms with E-state index in [-0.39, 0.29) is 46.6 Å². The summed E-state index contributed by atoms with van der Waals surface area (Å²) in [6.07, 6.45) is 0. The van der Waals surface area contributed by atoms with Crippen LogP contribution in [0.25, 0.3) is 0 Å². The zero-order chi connectivity index (χ0) is 10.4. The first kappa shape index (κ1) is 20.3. The van der Waals surface area contributed by atoms with Gasteiger partial charge in [0.2, 0.25) is 0 Å². The zero-order valence-electron chi connectivity index (χ0n) is 7.87. The SMILES string of the molecule is O=C([O-])CN(CC(=O)[O-])CC(=O)[O-].[Fe+2].[Na+]. The molecular formula is C6H6FeNNaO6. The quantitative estimate of drug-likeness (QED) is 0.437. The molecule has 0 fully saturated rings. The van der Waals surface area contributed by atoms with Crippen molar-refractivity contribution < 1.29 is 76.3 Å². The van der Waals surface area contributed by atoms with E-state index in [0.717, 1.165) is 0 Å². The molecule has 0 saturated carbocycles. The third-order valence-corrected chi connectivity index (χ3v) is 1.06. The molecule has 0 aromatic rings. The monoisotopic (exact) mass is 267 g/mol. The Bertz CT molecular complexity index is 198. The van der Waals surface area contributed by atoms with Gasteiger partial charge in [-0.2, -0.15) is 0 Å². The Morgan fingerprint density at radius 1 is 0.800 bits per heavy atom. The minimum absolute atomic E-state index is 0. The van der Waals surface area contributed by atoms with Crippen molar-refractivity contribution in [3.05, 3.63) is 0 Å². The van der Waals surface area contributed by atoms with Crippen molar-refractivity contribution in [1.29, 1.82) is 0 Å². The second kappa shape index (κ2) is 10.4. The smallest absolute Gasteiger partial charge is 0.549 e. The number of carboxylic acids is 3. The molecule has 0 atom stereocenters. The van der Waals surface area contributed by atoms with Crippen LogP contribution in [0.3, 0.4) is 0 Å². The number of carboxylic acid groups (broad SMARTS) is 3. The minimum atomic E-state index is -1.57. The predicted molar refractivity (Wildman–Crippen MR) is 31.5 cm³/mol. The number of nitrogens with zero attached hydrogens (tertiary/aromatic N) is 1. The molecule has 0 amide bonds. The summed E-state index contributed by atoms with van der Waals surface area (Å²) in [5, 5.41) is 30.0. The van der Waals surface area contributed by atoms with Crippen LogP contribution in [-0.2, 0) is 31.5 Å². The number of rotatable bonds is 6. The zero-order valence-corrected chi connectivity index (χ0v) is 11.0. The Hall–Kier alpha value is -0.111. The van der Waals surface area contributed by atoms with Crippen LogP contribution in [0.1, 0.15) is 0 Å². The third-order valence-electron chi connectivity index (χ3n) is 1.06. The molecule has 0 aliphatic carbocycles. The molecule has 7 nitrogen and oxygen atoms in total. The fraction of sp³-hybridized carbons (Fsp3) is 0.500. The first-order chi connectivity index (χ1) is 5.91. The van der Waals surface area contributed by atoms with Gasteiger partial charge in [0.15, 0.2) is 0 Å². The van der Waals surface area contributed by atoms with Crippen LogP contribution in [0.15, 0.2) is 0 Å². The van der Waals surface area contributed by atoms with Crippen molar-refractivity contribution in [2.75, 3.05) is 19.6 Å². The Balaban J connectivity index is -0.000000720. The molecule has 0 rings (SSSR count). The van der Waals surface area contributed by atoms with Crippen molar-refractivity contribution in [3.63, 3.8) is 0 Å². The molecule has 80 valence electrons. The fourth-order valence-electron chi connectivity index (χ4n) is 0.715. The second-order valence-electron chi connectivity index (χ2n) is 2.26. The van der Waals surface area contributed by atoms with E-state index < -0.39 is 37.5 Å². The van der Waals surface area contributed by atoms with Gasteiger partial charge >= 0.3 is 46.6 Å². The van der Waals surface area contributed by atoms with E-state index >= 15 is 0 Å². The average Bonchev–Trinajstić information content (AvgIpc) is 1.80. The molecule has 0 aliphatic rings. The van der Waals surface area contributed by atoms with E-state index in [1.807, 2.05) is 0 Å². The number of hydrogen-bond acceptors (Lipinski definition) is 7. The molecule has 0 heterocycles. The van der Waals surface area contributed by atoms with E-state index in [0.29, 0.717) is 4.90 Å². The average molecular weight is 267 g/mol. The van der Waals surface area contributed by atoms with Gasteiger partial charge in [-0.15, -0.1) is 0 Å². The van der Waals surface area contributed by atoms with Crippen LogP contribution in [0.4, 0.5) is 0 Å². The molecule has 0 bridgehead atoms. The number of carbonyl (C=O) groups excluding carboxylic acids is 3. The predicted octanol–water partition coefficient (Wildman–Crippen LogP) is -8.46. The molecular weight excluding hydrogens is 261 g/mol. The fourth-order valence-corrected chi connectivity index (χ4v) is 0.715. The summed E-state index contributed by atoms with van der Waals surface area (Å²) in [4.78, 5) is 30.6. The van der Waals surface area contributed by atoms with Gasteiger partial charge in [0.1, 0.15) is 0 Å². The van der Waals surface area contributed by atoms with Gasteiger partial charge in [0.25, 0.3) is 0 Å². The van der Waals surface area contributed by atoms with Crippen molar-refractivity contribution >= 4 is 17.9 Å². The van der Waals surface area contributed by atoms with Crippen LogP contribution in [-0.4, -0.2) is 42.4 Å². The van der Waals surface area contributed by atoms with Crippen LogP contribution >= 0.6 is 0 Å². The maximum Gasteiger partial charge on any atom is 2.00 e. The molecule has 0 unspecified atom stereocenters. The summed E-state index contributed by atoms with van der Waals surface area (Å²) < 4.78 is 0. The van der Waals surface area contributed by atoms with Crippen LogP contribution in [0, 0.1) is 0 Å². The first-order valence-electron chi connectivity index (χ1n) is 3.23. The number of aliphatic carboxylic acids is 3. The minimum Gasteiger partial charge on any atom is -0.549 e. The molecule has 9 heteroatoms. The van der Waals surface area contributed by atoms with Crippen LogP contribution in [0.5, 0.6) is 0 Å². The van der Waals surface area contributed by atoms with E-state index in [4.69, 9.17) is 0 Å².